The Hall–Kier alpha value is 0. The van der Waals surface area contributed by atoms with Gasteiger partial charge in [-0.1, -0.05) is 26.7 Å². The summed E-state index contributed by atoms with van der Waals surface area (Å²) in [6.45, 7) is 4.80. The van der Waals surface area contributed by atoms with Gasteiger partial charge in [0.25, 0.3) is 0 Å². The molecule has 0 aromatic heterocycles. The van der Waals surface area contributed by atoms with Crippen LogP contribution in [0.2, 0.25) is 0 Å². The summed E-state index contributed by atoms with van der Waals surface area (Å²) in [5.74, 6) is 4.49. The number of hydrogen-bond donors (Lipinski definition) is 0. The summed E-state index contributed by atoms with van der Waals surface area (Å²) in [7, 11) is 0. The molecule has 2 rings (SSSR count). The van der Waals surface area contributed by atoms with E-state index in [-0.39, 0.29) is 0 Å². The maximum atomic E-state index is 2.48. The molecule has 0 bridgehead atoms. The Morgan fingerprint density at radius 2 is 2.09 bits per heavy atom. The van der Waals surface area contributed by atoms with Gasteiger partial charge in [-0.15, -0.1) is 0 Å². The van der Waals surface area contributed by atoms with E-state index in [0.29, 0.717) is 0 Å². The fraction of sp³-hybridized carbons (Fsp3) is 1.00. The Bertz CT molecular complexity index is 135. The third kappa shape index (κ3) is 1.60. The van der Waals surface area contributed by atoms with Gasteiger partial charge >= 0.3 is 0 Å². The van der Waals surface area contributed by atoms with Crippen LogP contribution < -0.4 is 0 Å². The van der Waals surface area contributed by atoms with Crippen molar-refractivity contribution in [3.05, 3.63) is 0 Å². The zero-order valence-corrected chi connectivity index (χ0v) is 7.84. The lowest BCUT2D eigenvalue weighted by molar-refractivity contribution is 0.413. The van der Waals surface area contributed by atoms with Gasteiger partial charge in [0.1, 0.15) is 0 Å². The normalized spacial score (nSPS) is 38.7. The highest BCUT2D eigenvalue weighted by atomic mass is 14.5. The molecule has 0 aromatic rings. The second kappa shape index (κ2) is 2.80. The first-order valence-electron chi connectivity index (χ1n) is 5.33. The van der Waals surface area contributed by atoms with Crippen LogP contribution in [0.5, 0.6) is 0 Å². The Labute approximate surface area is 70.4 Å². The zero-order valence-electron chi connectivity index (χ0n) is 7.84. The molecule has 64 valence electrons. The van der Waals surface area contributed by atoms with E-state index in [1.165, 1.54) is 25.7 Å². The molecule has 0 heterocycles. The van der Waals surface area contributed by atoms with Crippen molar-refractivity contribution in [2.75, 3.05) is 0 Å². The van der Waals surface area contributed by atoms with Crippen molar-refractivity contribution in [2.24, 2.45) is 23.7 Å². The minimum absolute atomic E-state index is 1.08. The van der Waals surface area contributed by atoms with Gasteiger partial charge in [0, 0.05) is 0 Å². The molecule has 0 N–H and O–H groups in total. The highest BCUT2D eigenvalue weighted by Gasteiger charge is 2.45. The summed E-state index contributed by atoms with van der Waals surface area (Å²) >= 11 is 0. The molecule has 3 atom stereocenters. The van der Waals surface area contributed by atoms with Crippen LogP contribution in [0.25, 0.3) is 0 Å². The fourth-order valence-corrected chi connectivity index (χ4v) is 2.59. The predicted octanol–water partition coefficient (Wildman–Crippen LogP) is 3.47. The van der Waals surface area contributed by atoms with Crippen LogP contribution in [0.4, 0.5) is 0 Å². The lowest BCUT2D eigenvalue weighted by Gasteiger charge is -2.07. The maximum absolute atomic E-state index is 2.48. The maximum Gasteiger partial charge on any atom is -0.0355 e. The molecule has 0 aliphatic heterocycles. The Balaban J connectivity index is 1.72. The SMILES string of the molecule is CCCC1CC1C(C)C1CC1. The van der Waals surface area contributed by atoms with Gasteiger partial charge in [-0.25, -0.2) is 0 Å². The van der Waals surface area contributed by atoms with Crippen molar-refractivity contribution >= 4 is 0 Å². The van der Waals surface area contributed by atoms with E-state index >= 15 is 0 Å². The molecule has 0 radical (unpaired) electrons. The molecule has 0 heteroatoms. The van der Waals surface area contributed by atoms with Gasteiger partial charge in [-0.2, -0.15) is 0 Å². The van der Waals surface area contributed by atoms with Gasteiger partial charge in [-0.3, -0.25) is 0 Å². The fourth-order valence-electron chi connectivity index (χ4n) is 2.59. The van der Waals surface area contributed by atoms with Crippen molar-refractivity contribution in [3.63, 3.8) is 0 Å². The zero-order chi connectivity index (χ0) is 7.84. The number of rotatable bonds is 4. The van der Waals surface area contributed by atoms with Crippen LogP contribution in [0, 0.1) is 23.7 Å². The Morgan fingerprint density at radius 1 is 1.36 bits per heavy atom. The summed E-state index contributed by atoms with van der Waals surface area (Å²) in [5.41, 5.74) is 0. The third-order valence-electron chi connectivity index (χ3n) is 3.68. The van der Waals surface area contributed by atoms with Gasteiger partial charge in [0.2, 0.25) is 0 Å². The van der Waals surface area contributed by atoms with Gasteiger partial charge < -0.3 is 0 Å². The summed E-state index contributed by atoms with van der Waals surface area (Å²) in [4.78, 5) is 0. The molecule has 0 aromatic carbocycles. The summed E-state index contributed by atoms with van der Waals surface area (Å²) in [5, 5.41) is 0. The van der Waals surface area contributed by atoms with Crippen LogP contribution in [0.15, 0.2) is 0 Å². The molecule has 2 aliphatic carbocycles. The highest BCUT2D eigenvalue weighted by Crippen LogP contribution is 2.54. The largest absolute Gasteiger partial charge is 0.0654 e. The van der Waals surface area contributed by atoms with Crippen molar-refractivity contribution in [1.82, 2.24) is 0 Å². The molecular weight excluding hydrogens is 132 g/mol. The van der Waals surface area contributed by atoms with E-state index in [9.17, 15) is 0 Å². The summed E-state index contributed by atoms with van der Waals surface area (Å²) in [6, 6.07) is 0. The topological polar surface area (TPSA) is 0 Å². The smallest absolute Gasteiger partial charge is 0.0355 e. The molecule has 0 nitrogen and oxygen atoms in total. The molecule has 3 unspecified atom stereocenters. The standard InChI is InChI=1S/C11H20/c1-3-4-10-7-11(10)8(2)9-5-6-9/h8-11H,3-7H2,1-2H3. The quantitative estimate of drug-likeness (QED) is 0.578. The lowest BCUT2D eigenvalue weighted by Crippen LogP contribution is -2.01. The predicted molar refractivity (Wildman–Crippen MR) is 48.4 cm³/mol. The van der Waals surface area contributed by atoms with Crippen molar-refractivity contribution in [3.8, 4) is 0 Å². The lowest BCUT2D eigenvalue weighted by atomic mass is 9.98. The molecule has 2 aliphatic rings. The van der Waals surface area contributed by atoms with E-state index in [1.807, 2.05) is 0 Å². The Morgan fingerprint density at radius 3 is 2.64 bits per heavy atom. The van der Waals surface area contributed by atoms with Gasteiger partial charge in [0.15, 0.2) is 0 Å². The minimum Gasteiger partial charge on any atom is -0.0654 e. The van der Waals surface area contributed by atoms with Crippen LogP contribution in [0.3, 0.4) is 0 Å². The monoisotopic (exact) mass is 152 g/mol. The molecule has 0 amide bonds. The first kappa shape index (κ1) is 7.64. The average molecular weight is 152 g/mol. The molecule has 2 saturated carbocycles. The van der Waals surface area contributed by atoms with Crippen molar-refractivity contribution < 1.29 is 0 Å². The average Bonchev–Trinajstić information content (AvgIpc) is 2.84. The highest BCUT2D eigenvalue weighted by molar-refractivity contribution is 4.94. The molecular formula is C11H20. The van der Waals surface area contributed by atoms with Crippen LogP contribution in [0.1, 0.15) is 46.0 Å². The molecule has 11 heavy (non-hydrogen) atoms. The first-order chi connectivity index (χ1) is 5.33. The van der Waals surface area contributed by atoms with Crippen molar-refractivity contribution in [2.45, 2.75) is 46.0 Å². The van der Waals surface area contributed by atoms with Gasteiger partial charge in [-0.05, 0) is 42.9 Å². The van der Waals surface area contributed by atoms with E-state index < -0.39 is 0 Å². The van der Waals surface area contributed by atoms with E-state index in [2.05, 4.69) is 13.8 Å². The van der Waals surface area contributed by atoms with E-state index in [0.717, 1.165) is 23.7 Å². The first-order valence-corrected chi connectivity index (χ1v) is 5.33. The van der Waals surface area contributed by atoms with E-state index in [4.69, 9.17) is 0 Å². The number of hydrogen-bond acceptors (Lipinski definition) is 0. The minimum atomic E-state index is 1.08. The van der Waals surface area contributed by atoms with Crippen LogP contribution in [-0.4, -0.2) is 0 Å². The summed E-state index contributed by atoms with van der Waals surface area (Å²) in [6.07, 6.45) is 7.54. The van der Waals surface area contributed by atoms with Crippen LogP contribution >= 0.6 is 0 Å². The molecule has 0 saturated heterocycles. The molecule has 2 fully saturated rings. The second-order valence-corrected chi connectivity index (χ2v) is 4.64. The third-order valence-corrected chi connectivity index (χ3v) is 3.68. The van der Waals surface area contributed by atoms with Crippen LogP contribution in [-0.2, 0) is 0 Å². The summed E-state index contributed by atoms with van der Waals surface area (Å²) < 4.78 is 0. The van der Waals surface area contributed by atoms with Gasteiger partial charge in [0.05, 0.1) is 0 Å². The second-order valence-electron chi connectivity index (χ2n) is 4.64. The van der Waals surface area contributed by atoms with Crippen molar-refractivity contribution in [1.29, 1.82) is 0 Å². The Kier molecular flexibility index (Phi) is 1.95. The van der Waals surface area contributed by atoms with E-state index in [1.54, 1.807) is 6.42 Å². The molecule has 0 spiro atoms.